The van der Waals surface area contributed by atoms with Gasteiger partial charge in [0.2, 0.25) is 0 Å². The maximum absolute atomic E-state index is 12.0. The summed E-state index contributed by atoms with van der Waals surface area (Å²) in [5, 5.41) is 2.36. The van der Waals surface area contributed by atoms with Gasteiger partial charge in [0.25, 0.3) is 11.8 Å². The molecule has 0 radical (unpaired) electrons. The van der Waals surface area contributed by atoms with Crippen molar-refractivity contribution in [3.8, 4) is 11.5 Å². The average molecular weight is 573 g/mol. The van der Waals surface area contributed by atoms with Gasteiger partial charge in [-0.3, -0.25) is 25.8 Å². The molecule has 31 heavy (non-hydrogen) atoms. The lowest BCUT2D eigenvalue weighted by atomic mass is 10.0. The van der Waals surface area contributed by atoms with E-state index < -0.39 is 11.8 Å². The molecule has 2 aromatic carbocycles. The molecule has 0 saturated carbocycles. The Balaban J connectivity index is 1.74. The second-order valence-corrected chi connectivity index (χ2v) is 9.08. The topological polar surface area (TPSA) is 88.7 Å². The highest BCUT2D eigenvalue weighted by Crippen LogP contribution is 2.28. The highest BCUT2D eigenvalue weighted by atomic mass is 79.9. The molecular weight excluding hydrogens is 550 g/mol. The number of hydrazine groups is 1. The van der Waals surface area contributed by atoms with Crippen LogP contribution in [0.1, 0.15) is 30.9 Å². The lowest BCUT2D eigenvalue weighted by Gasteiger charge is -2.15. The van der Waals surface area contributed by atoms with Crippen molar-refractivity contribution in [2.75, 3.05) is 13.2 Å². The van der Waals surface area contributed by atoms with Gasteiger partial charge in [-0.05, 0) is 76.4 Å². The van der Waals surface area contributed by atoms with E-state index in [1.807, 2.05) is 25.1 Å². The third kappa shape index (κ3) is 8.47. The van der Waals surface area contributed by atoms with Crippen LogP contribution in [0.3, 0.4) is 0 Å². The number of rotatable bonds is 7. The zero-order valence-corrected chi connectivity index (χ0v) is 21.2. The molecule has 2 rings (SSSR count). The number of ether oxygens (including phenoxy) is 2. The van der Waals surface area contributed by atoms with Crippen molar-refractivity contribution in [1.82, 2.24) is 16.2 Å². The van der Waals surface area contributed by atoms with E-state index in [1.165, 1.54) is 0 Å². The molecule has 0 aliphatic carbocycles. The molecule has 2 aromatic rings. The number of thiocarbonyl (C=S) groups is 1. The lowest BCUT2D eigenvalue weighted by Crippen LogP contribution is -2.50. The molecule has 0 heterocycles. The first-order chi connectivity index (χ1) is 14.7. The van der Waals surface area contributed by atoms with Gasteiger partial charge in [0.15, 0.2) is 18.3 Å². The van der Waals surface area contributed by atoms with Crippen molar-refractivity contribution < 1.29 is 19.1 Å². The molecule has 0 aromatic heterocycles. The van der Waals surface area contributed by atoms with Crippen LogP contribution >= 0.6 is 44.1 Å². The standard InChI is InChI=1S/C21H23Br2N3O4S/c1-12(2)15-6-4-13(3)8-18(15)30-11-20(28)25-26-21(31)24-19(27)10-29-17-7-5-14(22)9-16(17)23/h4-9,12H,10-11H2,1-3H3,(H,25,28)(H2,24,26,27,31). The molecule has 0 aliphatic rings. The molecule has 166 valence electrons. The fourth-order valence-corrected chi connectivity index (χ4v) is 3.81. The summed E-state index contributed by atoms with van der Waals surface area (Å²) in [6, 6.07) is 11.2. The second kappa shape index (κ2) is 12.0. The summed E-state index contributed by atoms with van der Waals surface area (Å²) >= 11 is 11.7. The largest absolute Gasteiger partial charge is 0.483 e. The molecule has 2 amide bonds. The molecule has 0 saturated heterocycles. The molecule has 0 unspecified atom stereocenters. The minimum atomic E-state index is -0.473. The monoisotopic (exact) mass is 571 g/mol. The van der Waals surface area contributed by atoms with Crippen LogP contribution in [0.25, 0.3) is 0 Å². The zero-order valence-electron chi connectivity index (χ0n) is 17.3. The van der Waals surface area contributed by atoms with Gasteiger partial charge in [-0.25, -0.2) is 0 Å². The van der Waals surface area contributed by atoms with Gasteiger partial charge in [0, 0.05) is 4.47 Å². The van der Waals surface area contributed by atoms with Gasteiger partial charge in [0.1, 0.15) is 11.5 Å². The third-order valence-corrected chi connectivity index (χ3v) is 5.29. The summed E-state index contributed by atoms with van der Waals surface area (Å²) in [4.78, 5) is 24.0. The van der Waals surface area contributed by atoms with E-state index in [0.29, 0.717) is 16.0 Å². The van der Waals surface area contributed by atoms with Crippen molar-refractivity contribution in [1.29, 1.82) is 0 Å². The van der Waals surface area contributed by atoms with Crippen LogP contribution in [0, 0.1) is 6.92 Å². The molecule has 0 fully saturated rings. The SMILES string of the molecule is Cc1ccc(C(C)C)c(OCC(=O)NNC(=S)NC(=O)COc2ccc(Br)cc2Br)c1. The Morgan fingerprint density at radius 3 is 2.32 bits per heavy atom. The van der Waals surface area contributed by atoms with E-state index in [1.54, 1.807) is 18.2 Å². The van der Waals surface area contributed by atoms with Gasteiger partial charge in [-0.1, -0.05) is 41.9 Å². The normalized spacial score (nSPS) is 10.4. The Hall–Kier alpha value is -2.17. The van der Waals surface area contributed by atoms with E-state index in [9.17, 15) is 9.59 Å². The molecular formula is C21H23Br2N3O4S. The van der Waals surface area contributed by atoms with Crippen LogP contribution in [0.5, 0.6) is 11.5 Å². The van der Waals surface area contributed by atoms with Gasteiger partial charge in [-0.2, -0.15) is 0 Å². The van der Waals surface area contributed by atoms with Crippen molar-refractivity contribution in [2.45, 2.75) is 26.7 Å². The summed E-state index contributed by atoms with van der Waals surface area (Å²) in [6.07, 6.45) is 0. The molecule has 0 spiro atoms. The number of nitrogens with one attached hydrogen (secondary N) is 3. The van der Waals surface area contributed by atoms with E-state index >= 15 is 0 Å². The van der Waals surface area contributed by atoms with Gasteiger partial charge < -0.3 is 9.47 Å². The number of amides is 2. The van der Waals surface area contributed by atoms with Crippen molar-refractivity contribution in [3.05, 3.63) is 56.5 Å². The molecule has 3 N–H and O–H groups in total. The molecule has 0 atom stereocenters. The Morgan fingerprint density at radius 2 is 1.65 bits per heavy atom. The Morgan fingerprint density at radius 1 is 0.968 bits per heavy atom. The smallest absolute Gasteiger partial charge is 0.276 e. The maximum Gasteiger partial charge on any atom is 0.276 e. The van der Waals surface area contributed by atoms with Gasteiger partial charge in [0.05, 0.1) is 4.47 Å². The van der Waals surface area contributed by atoms with Crippen molar-refractivity contribution >= 4 is 61.0 Å². The predicted molar refractivity (Wildman–Crippen MR) is 130 cm³/mol. The summed E-state index contributed by atoms with van der Waals surface area (Å²) in [5.74, 6) is 0.527. The van der Waals surface area contributed by atoms with Crippen LogP contribution in [0.15, 0.2) is 45.3 Å². The zero-order chi connectivity index (χ0) is 23.0. The minimum absolute atomic E-state index is 0.0600. The second-order valence-electron chi connectivity index (χ2n) is 6.90. The van der Waals surface area contributed by atoms with Crippen molar-refractivity contribution in [2.24, 2.45) is 0 Å². The molecule has 0 aliphatic heterocycles. The predicted octanol–water partition coefficient (Wildman–Crippen LogP) is 4.12. The van der Waals surface area contributed by atoms with Gasteiger partial charge in [-0.15, -0.1) is 0 Å². The van der Waals surface area contributed by atoms with Crippen LogP contribution in [-0.2, 0) is 9.59 Å². The number of aryl methyl sites for hydroxylation is 1. The van der Waals surface area contributed by atoms with E-state index in [4.69, 9.17) is 21.7 Å². The van der Waals surface area contributed by atoms with Crippen LogP contribution in [-0.4, -0.2) is 30.1 Å². The first kappa shape index (κ1) is 25.1. The number of hydrogen-bond acceptors (Lipinski definition) is 5. The first-order valence-corrected chi connectivity index (χ1v) is 11.3. The average Bonchev–Trinajstić information content (AvgIpc) is 2.69. The molecule has 0 bridgehead atoms. The van der Waals surface area contributed by atoms with E-state index in [0.717, 1.165) is 15.6 Å². The number of halogens is 2. The number of benzene rings is 2. The Labute approximate surface area is 203 Å². The maximum atomic E-state index is 12.0. The summed E-state index contributed by atoms with van der Waals surface area (Å²) < 4.78 is 12.7. The summed E-state index contributed by atoms with van der Waals surface area (Å²) in [5.41, 5.74) is 6.91. The number of carbonyl (C=O) groups excluding carboxylic acids is 2. The Bertz CT molecular complexity index is 970. The summed E-state index contributed by atoms with van der Waals surface area (Å²) in [7, 11) is 0. The lowest BCUT2D eigenvalue weighted by molar-refractivity contribution is -0.124. The van der Waals surface area contributed by atoms with Crippen LogP contribution in [0.2, 0.25) is 0 Å². The fraction of sp³-hybridized carbons (Fsp3) is 0.286. The molecule has 10 heteroatoms. The highest BCUT2D eigenvalue weighted by Gasteiger charge is 2.12. The van der Waals surface area contributed by atoms with E-state index in [-0.39, 0.29) is 24.2 Å². The van der Waals surface area contributed by atoms with Crippen molar-refractivity contribution in [3.63, 3.8) is 0 Å². The summed E-state index contributed by atoms with van der Waals surface area (Å²) in [6.45, 7) is 5.62. The van der Waals surface area contributed by atoms with Crippen LogP contribution in [0.4, 0.5) is 0 Å². The number of hydrogen-bond donors (Lipinski definition) is 3. The first-order valence-electron chi connectivity index (χ1n) is 9.35. The number of carbonyl (C=O) groups is 2. The third-order valence-electron chi connectivity index (χ3n) is 3.97. The Kier molecular flexibility index (Phi) is 9.73. The minimum Gasteiger partial charge on any atom is -0.483 e. The van der Waals surface area contributed by atoms with Gasteiger partial charge >= 0.3 is 0 Å². The molecule has 7 nitrogen and oxygen atoms in total. The fourth-order valence-electron chi connectivity index (χ4n) is 2.48. The quantitative estimate of drug-likeness (QED) is 0.342. The highest BCUT2D eigenvalue weighted by molar-refractivity contribution is 9.11. The van der Waals surface area contributed by atoms with E-state index in [2.05, 4.69) is 61.9 Å². The van der Waals surface area contributed by atoms with Crippen LogP contribution < -0.4 is 25.6 Å².